The van der Waals surface area contributed by atoms with Crippen molar-refractivity contribution in [1.29, 1.82) is 0 Å². The van der Waals surface area contributed by atoms with E-state index in [1.165, 1.54) is 17.5 Å². The first-order valence-corrected chi connectivity index (χ1v) is 10.2. The number of hydrogen-bond donors (Lipinski definition) is 0. The van der Waals surface area contributed by atoms with Crippen molar-refractivity contribution in [2.24, 2.45) is 0 Å². The molecule has 0 fully saturated rings. The van der Waals surface area contributed by atoms with Gasteiger partial charge >= 0.3 is 0 Å². The number of rotatable bonds is 6. The van der Waals surface area contributed by atoms with Crippen LogP contribution in [0, 0.1) is 0 Å². The summed E-state index contributed by atoms with van der Waals surface area (Å²) in [6.45, 7) is 0.590. The molecule has 0 aliphatic heterocycles. The van der Waals surface area contributed by atoms with Crippen molar-refractivity contribution in [3.8, 4) is 0 Å². The van der Waals surface area contributed by atoms with E-state index in [-0.39, 0.29) is 11.7 Å². The monoisotopic (exact) mass is 347 g/mol. The Morgan fingerprint density at radius 1 is 1.26 bits per heavy atom. The van der Waals surface area contributed by atoms with E-state index in [9.17, 15) is 9.00 Å². The van der Waals surface area contributed by atoms with Gasteiger partial charge in [0.2, 0.25) is 5.91 Å². The van der Waals surface area contributed by atoms with Crippen LogP contribution >= 0.6 is 11.3 Å². The van der Waals surface area contributed by atoms with Gasteiger partial charge in [-0.1, -0.05) is 24.3 Å². The predicted molar refractivity (Wildman–Crippen MR) is 96.0 cm³/mol. The third kappa shape index (κ3) is 4.30. The average Bonchev–Trinajstić information content (AvgIpc) is 3.17. The highest BCUT2D eigenvalue weighted by atomic mass is 32.2. The Morgan fingerprint density at radius 3 is 2.87 bits per heavy atom. The minimum absolute atomic E-state index is 0.0575. The molecule has 1 aliphatic rings. The highest BCUT2D eigenvalue weighted by molar-refractivity contribution is 7.84. The maximum atomic E-state index is 12.3. The number of amides is 1. The molecule has 0 bridgehead atoms. The fourth-order valence-corrected chi connectivity index (χ4v) is 4.83. The Morgan fingerprint density at radius 2 is 2.09 bits per heavy atom. The molecule has 3 nitrogen and oxygen atoms in total. The van der Waals surface area contributed by atoms with Gasteiger partial charge in [-0.2, -0.15) is 0 Å². The molecule has 0 unspecified atom stereocenters. The molecule has 23 heavy (non-hydrogen) atoms. The van der Waals surface area contributed by atoms with Gasteiger partial charge in [-0.25, -0.2) is 0 Å². The molecule has 1 aromatic carbocycles. The second kappa shape index (κ2) is 7.41. The maximum absolute atomic E-state index is 12.3. The van der Waals surface area contributed by atoms with Gasteiger partial charge in [0.1, 0.15) is 5.75 Å². The largest absolute Gasteiger partial charge is 0.340 e. The van der Waals surface area contributed by atoms with Crippen molar-refractivity contribution in [2.45, 2.75) is 31.6 Å². The first kappa shape index (κ1) is 16.4. The number of nitrogens with zero attached hydrogens (tertiary/aromatic N) is 1. The van der Waals surface area contributed by atoms with Gasteiger partial charge < -0.3 is 4.90 Å². The van der Waals surface area contributed by atoms with Crippen LogP contribution in [0.4, 0.5) is 0 Å². The number of thiophene rings is 1. The minimum atomic E-state index is -1.15. The summed E-state index contributed by atoms with van der Waals surface area (Å²) in [7, 11) is 0.618. The van der Waals surface area contributed by atoms with E-state index in [0.717, 1.165) is 23.3 Å². The van der Waals surface area contributed by atoms with Crippen molar-refractivity contribution in [3.05, 3.63) is 57.3 Å². The zero-order chi connectivity index (χ0) is 16.2. The lowest BCUT2D eigenvalue weighted by atomic mass is 10.1. The zero-order valence-corrected chi connectivity index (χ0v) is 14.9. The van der Waals surface area contributed by atoms with Gasteiger partial charge in [-0.05, 0) is 47.4 Å². The molecule has 1 atom stereocenters. The molecule has 1 heterocycles. The van der Waals surface area contributed by atoms with E-state index in [1.54, 1.807) is 23.3 Å². The molecule has 0 spiro atoms. The summed E-state index contributed by atoms with van der Waals surface area (Å²) >= 11 is 1.63. The number of carbonyl (C=O) groups is 1. The van der Waals surface area contributed by atoms with Crippen molar-refractivity contribution >= 4 is 28.0 Å². The predicted octanol–water partition coefficient (Wildman–Crippen LogP) is 3.14. The zero-order valence-electron chi connectivity index (χ0n) is 13.3. The van der Waals surface area contributed by atoms with Crippen LogP contribution in [0.5, 0.6) is 0 Å². The van der Waals surface area contributed by atoms with Crippen molar-refractivity contribution in [3.63, 3.8) is 0 Å². The highest BCUT2D eigenvalue weighted by Crippen LogP contribution is 2.23. The topological polar surface area (TPSA) is 37.4 Å². The van der Waals surface area contributed by atoms with Crippen molar-refractivity contribution in [2.75, 3.05) is 12.8 Å². The summed E-state index contributed by atoms with van der Waals surface area (Å²) in [4.78, 5) is 15.0. The third-order valence-electron chi connectivity index (χ3n) is 4.17. The molecule has 3 rings (SSSR count). The highest BCUT2D eigenvalue weighted by Gasteiger charge is 2.16. The lowest BCUT2D eigenvalue weighted by Gasteiger charge is -2.16. The van der Waals surface area contributed by atoms with Crippen LogP contribution in [0.3, 0.4) is 0 Å². The van der Waals surface area contributed by atoms with Crippen LogP contribution in [0.15, 0.2) is 35.7 Å². The Hall–Kier alpha value is -1.46. The molecule has 5 heteroatoms. The number of carbonyl (C=O) groups excluding carboxylic acids is 1. The summed E-state index contributed by atoms with van der Waals surface area (Å²) in [5.41, 5.74) is 3.89. The Bertz CT molecular complexity index is 710. The minimum Gasteiger partial charge on any atom is -0.340 e. The lowest BCUT2D eigenvalue weighted by Crippen LogP contribution is -2.30. The quantitative estimate of drug-likeness (QED) is 0.805. The molecule has 1 aromatic heterocycles. The molecule has 0 saturated carbocycles. The second-order valence-corrected chi connectivity index (χ2v) is 8.50. The molecule has 2 aromatic rings. The van der Waals surface area contributed by atoms with Crippen LogP contribution in [0.25, 0.3) is 0 Å². The van der Waals surface area contributed by atoms with Crippen LogP contribution in [-0.4, -0.2) is 27.8 Å². The fraction of sp³-hybridized carbons (Fsp3) is 0.389. The third-order valence-corrected chi connectivity index (χ3v) is 6.26. The first-order chi connectivity index (χ1) is 11.1. The smallest absolute Gasteiger partial charge is 0.235 e. The molecule has 0 N–H and O–H groups in total. The first-order valence-electron chi connectivity index (χ1n) is 7.84. The van der Waals surface area contributed by atoms with Gasteiger partial charge in [0.05, 0.1) is 6.54 Å². The molecule has 122 valence electrons. The van der Waals surface area contributed by atoms with Crippen LogP contribution in [-0.2, 0) is 40.7 Å². The molecular weight excluding hydrogens is 326 g/mol. The molecule has 0 saturated heterocycles. The normalized spacial score (nSPS) is 14.5. The van der Waals surface area contributed by atoms with Gasteiger partial charge in [-0.3, -0.25) is 9.00 Å². The number of aryl methyl sites for hydroxylation is 2. The maximum Gasteiger partial charge on any atom is 0.235 e. The van der Waals surface area contributed by atoms with Crippen molar-refractivity contribution in [1.82, 2.24) is 4.90 Å². The Labute approximate surface area is 143 Å². The molecule has 0 radical (unpaired) electrons. The molecular formula is C18H21NO2S2. The summed E-state index contributed by atoms with van der Waals surface area (Å²) < 4.78 is 12.3. The van der Waals surface area contributed by atoms with Crippen molar-refractivity contribution < 1.29 is 9.00 Å². The SMILES string of the molecule is CN(Cc1cccs1)C(=O)C[S@](=O)Cc1ccc2c(c1)CCC2. The number of benzene rings is 1. The van der Waals surface area contributed by atoms with E-state index in [4.69, 9.17) is 0 Å². The van der Waals surface area contributed by atoms with Gasteiger partial charge in [-0.15, -0.1) is 11.3 Å². The standard InChI is InChI=1S/C18H21NO2S2/c1-19(11-17-6-3-9-22-17)18(20)13-23(21)12-14-7-8-15-4-2-5-16(15)10-14/h3,6-10H,2,4-5,11-13H2,1H3/t23-/m1/s1. The Balaban J connectivity index is 1.53. The average molecular weight is 348 g/mol. The Kier molecular flexibility index (Phi) is 5.28. The summed E-state index contributed by atoms with van der Waals surface area (Å²) in [6, 6.07) is 10.4. The van der Waals surface area contributed by atoms with Crippen LogP contribution in [0.1, 0.15) is 28.0 Å². The molecule has 1 aliphatic carbocycles. The van der Waals surface area contributed by atoms with E-state index in [2.05, 4.69) is 18.2 Å². The van der Waals surface area contributed by atoms with E-state index in [1.807, 2.05) is 17.5 Å². The summed E-state index contributed by atoms with van der Waals surface area (Å²) in [6.07, 6.45) is 3.50. The van der Waals surface area contributed by atoms with Crippen LogP contribution < -0.4 is 0 Å². The second-order valence-electron chi connectivity index (χ2n) is 6.01. The van der Waals surface area contributed by atoms with Crippen LogP contribution in [0.2, 0.25) is 0 Å². The summed E-state index contributed by atoms with van der Waals surface area (Å²) in [5.74, 6) is 0.503. The van der Waals surface area contributed by atoms with Gasteiger partial charge in [0.15, 0.2) is 0 Å². The van der Waals surface area contributed by atoms with Gasteiger partial charge in [0.25, 0.3) is 0 Å². The fourth-order valence-electron chi connectivity index (χ4n) is 2.92. The number of hydrogen-bond acceptors (Lipinski definition) is 3. The van der Waals surface area contributed by atoms with E-state index >= 15 is 0 Å². The van der Waals surface area contributed by atoms with E-state index in [0.29, 0.717) is 12.3 Å². The number of fused-ring (bicyclic) bond motifs is 1. The summed E-state index contributed by atoms with van der Waals surface area (Å²) in [5, 5.41) is 2.00. The van der Waals surface area contributed by atoms with Gasteiger partial charge in [0, 0.05) is 28.5 Å². The lowest BCUT2D eigenvalue weighted by molar-refractivity contribution is -0.127. The molecule has 1 amide bonds. The van der Waals surface area contributed by atoms with E-state index < -0.39 is 10.8 Å².